The van der Waals surface area contributed by atoms with E-state index in [1.165, 1.54) is 25.3 Å². The Kier molecular flexibility index (Phi) is 4.16. The molecule has 6 nitrogen and oxygen atoms in total. The van der Waals surface area contributed by atoms with Gasteiger partial charge in [-0.25, -0.2) is 4.79 Å². The molecule has 0 amide bonds. The van der Waals surface area contributed by atoms with Crippen LogP contribution in [0.3, 0.4) is 0 Å². The highest BCUT2D eigenvalue weighted by Gasteiger charge is 2.37. The molecular formula is C13H17NO5. The Morgan fingerprint density at radius 1 is 1.37 bits per heavy atom. The van der Waals surface area contributed by atoms with Crippen LogP contribution in [0.2, 0.25) is 0 Å². The smallest absolute Gasteiger partial charge is 0.339 e. The monoisotopic (exact) mass is 267 g/mol. The summed E-state index contributed by atoms with van der Waals surface area (Å²) < 4.78 is 4.67. The minimum absolute atomic E-state index is 0.256. The zero-order valence-electron chi connectivity index (χ0n) is 11.0. The number of carboxylic acids is 1. The number of carboxylic acid groups (broad SMARTS) is 1. The standard InChI is InChI=1S/C13H17NO5/c1-13(2,12(18)19-3)10(14)7-4-5-9(15)8(6-7)11(16)17/h4-6,10,15H,14H2,1-3H3,(H,16,17)/t10-/m1/s1. The van der Waals surface area contributed by atoms with E-state index < -0.39 is 23.4 Å². The molecule has 0 aliphatic heterocycles. The van der Waals surface area contributed by atoms with Gasteiger partial charge in [0.1, 0.15) is 11.3 Å². The number of methoxy groups -OCH3 is 1. The maximum Gasteiger partial charge on any atom is 0.339 e. The van der Waals surface area contributed by atoms with Crippen molar-refractivity contribution in [2.45, 2.75) is 19.9 Å². The van der Waals surface area contributed by atoms with Crippen molar-refractivity contribution in [2.75, 3.05) is 7.11 Å². The molecule has 1 atom stereocenters. The van der Waals surface area contributed by atoms with Gasteiger partial charge < -0.3 is 20.7 Å². The van der Waals surface area contributed by atoms with Crippen molar-refractivity contribution < 1.29 is 24.5 Å². The number of carbonyl (C=O) groups is 2. The molecule has 1 rings (SSSR count). The van der Waals surface area contributed by atoms with Crippen molar-refractivity contribution in [1.82, 2.24) is 0 Å². The van der Waals surface area contributed by atoms with Crippen LogP contribution in [0.5, 0.6) is 5.75 Å². The molecule has 0 aliphatic carbocycles. The number of esters is 1. The van der Waals surface area contributed by atoms with Crippen LogP contribution in [0, 0.1) is 5.41 Å². The Morgan fingerprint density at radius 3 is 2.42 bits per heavy atom. The van der Waals surface area contributed by atoms with Crippen LogP contribution in [0.1, 0.15) is 35.8 Å². The number of hydrogen-bond acceptors (Lipinski definition) is 5. The highest BCUT2D eigenvalue weighted by molar-refractivity contribution is 5.91. The summed E-state index contributed by atoms with van der Waals surface area (Å²) in [6, 6.07) is 3.23. The van der Waals surface area contributed by atoms with Gasteiger partial charge in [-0.05, 0) is 31.5 Å². The summed E-state index contributed by atoms with van der Waals surface area (Å²) in [5, 5.41) is 18.4. The van der Waals surface area contributed by atoms with Crippen LogP contribution in [-0.4, -0.2) is 29.3 Å². The number of carbonyl (C=O) groups excluding carboxylic acids is 1. The first kappa shape index (κ1) is 15.0. The molecule has 0 fully saturated rings. The van der Waals surface area contributed by atoms with Gasteiger partial charge in [0.05, 0.1) is 12.5 Å². The van der Waals surface area contributed by atoms with E-state index in [0.717, 1.165) is 0 Å². The Hall–Kier alpha value is -2.08. The number of nitrogens with two attached hydrogens (primary N) is 1. The lowest BCUT2D eigenvalue weighted by atomic mass is 9.80. The number of benzene rings is 1. The average Bonchev–Trinajstić information content (AvgIpc) is 2.36. The fraction of sp³-hybridized carbons (Fsp3) is 0.385. The summed E-state index contributed by atoms with van der Waals surface area (Å²) in [5.74, 6) is -2.10. The molecule has 0 heterocycles. The second-order valence-corrected chi connectivity index (χ2v) is 4.77. The first-order valence-electron chi connectivity index (χ1n) is 5.62. The fourth-order valence-corrected chi connectivity index (χ4v) is 1.73. The number of rotatable bonds is 4. The van der Waals surface area contributed by atoms with Gasteiger partial charge in [-0.15, -0.1) is 0 Å². The van der Waals surface area contributed by atoms with Crippen molar-refractivity contribution in [3.05, 3.63) is 29.3 Å². The van der Waals surface area contributed by atoms with Crippen LogP contribution >= 0.6 is 0 Å². The quantitative estimate of drug-likeness (QED) is 0.709. The highest BCUT2D eigenvalue weighted by atomic mass is 16.5. The Labute approximate surface area is 110 Å². The molecule has 19 heavy (non-hydrogen) atoms. The minimum Gasteiger partial charge on any atom is -0.507 e. The van der Waals surface area contributed by atoms with E-state index >= 15 is 0 Å². The third-order valence-electron chi connectivity index (χ3n) is 3.10. The summed E-state index contributed by atoms with van der Waals surface area (Å²) in [6.07, 6.45) is 0. The van der Waals surface area contributed by atoms with Crippen LogP contribution in [0.4, 0.5) is 0 Å². The zero-order valence-corrected chi connectivity index (χ0v) is 11.0. The molecule has 0 saturated heterocycles. The predicted octanol–water partition coefficient (Wildman–Crippen LogP) is 1.29. The Morgan fingerprint density at radius 2 is 1.95 bits per heavy atom. The van der Waals surface area contributed by atoms with Crippen molar-refractivity contribution in [2.24, 2.45) is 11.1 Å². The Bertz CT molecular complexity index is 510. The molecule has 0 unspecified atom stereocenters. The summed E-state index contributed by atoms with van der Waals surface area (Å²) >= 11 is 0. The van der Waals surface area contributed by atoms with Gasteiger partial charge >= 0.3 is 11.9 Å². The molecular weight excluding hydrogens is 250 g/mol. The van der Waals surface area contributed by atoms with Gasteiger partial charge in [0.2, 0.25) is 0 Å². The zero-order chi connectivity index (χ0) is 14.8. The van der Waals surface area contributed by atoms with Crippen molar-refractivity contribution in [3.63, 3.8) is 0 Å². The summed E-state index contributed by atoms with van der Waals surface area (Å²) in [7, 11) is 1.26. The van der Waals surface area contributed by atoms with E-state index in [0.29, 0.717) is 5.56 Å². The van der Waals surface area contributed by atoms with E-state index in [9.17, 15) is 14.7 Å². The van der Waals surface area contributed by atoms with Gasteiger partial charge in [-0.3, -0.25) is 4.79 Å². The highest BCUT2D eigenvalue weighted by Crippen LogP contribution is 2.34. The summed E-state index contributed by atoms with van der Waals surface area (Å²) in [4.78, 5) is 22.6. The lowest BCUT2D eigenvalue weighted by Gasteiger charge is -2.29. The number of aromatic carboxylic acids is 1. The van der Waals surface area contributed by atoms with Crippen molar-refractivity contribution >= 4 is 11.9 Å². The molecule has 6 heteroatoms. The lowest BCUT2D eigenvalue weighted by molar-refractivity contribution is -0.152. The number of aromatic hydroxyl groups is 1. The molecule has 104 valence electrons. The van der Waals surface area contributed by atoms with Crippen LogP contribution in [-0.2, 0) is 9.53 Å². The number of ether oxygens (including phenoxy) is 1. The second-order valence-electron chi connectivity index (χ2n) is 4.77. The lowest BCUT2D eigenvalue weighted by Crippen LogP contribution is -2.37. The normalized spacial score (nSPS) is 12.8. The van der Waals surface area contributed by atoms with Crippen LogP contribution in [0.15, 0.2) is 18.2 Å². The molecule has 0 aromatic heterocycles. The van der Waals surface area contributed by atoms with E-state index in [-0.39, 0.29) is 11.3 Å². The van der Waals surface area contributed by atoms with Gasteiger partial charge in [-0.1, -0.05) is 6.07 Å². The summed E-state index contributed by atoms with van der Waals surface area (Å²) in [5.41, 5.74) is 5.16. The van der Waals surface area contributed by atoms with E-state index in [1.807, 2.05) is 0 Å². The van der Waals surface area contributed by atoms with Gasteiger partial charge in [0, 0.05) is 6.04 Å². The molecule has 0 spiro atoms. The summed E-state index contributed by atoms with van der Waals surface area (Å²) in [6.45, 7) is 3.22. The van der Waals surface area contributed by atoms with Gasteiger partial charge in [0.15, 0.2) is 0 Å². The molecule has 0 aliphatic rings. The van der Waals surface area contributed by atoms with E-state index in [1.54, 1.807) is 13.8 Å². The molecule has 0 radical (unpaired) electrons. The van der Waals surface area contributed by atoms with Gasteiger partial charge in [0.25, 0.3) is 0 Å². The largest absolute Gasteiger partial charge is 0.507 e. The SMILES string of the molecule is COC(=O)C(C)(C)[C@H](N)c1ccc(O)c(C(=O)O)c1. The minimum atomic E-state index is -1.26. The maximum atomic E-state index is 11.7. The Balaban J connectivity index is 3.20. The molecule has 1 aromatic carbocycles. The van der Waals surface area contributed by atoms with E-state index in [4.69, 9.17) is 10.8 Å². The van der Waals surface area contributed by atoms with Gasteiger partial charge in [-0.2, -0.15) is 0 Å². The molecule has 1 aromatic rings. The maximum absolute atomic E-state index is 11.7. The topological polar surface area (TPSA) is 110 Å². The number of hydrogen-bond donors (Lipinski definition) is 3. The van der Waals surface area contributed by atoms with E-state index in [2.05, 4.69) is 4.74 Å². The van der Waals surface area contributed by atoms with Crippen molar-refractivity contribution in [1.29, 1.82) is 0 Å². The third-order valence-corrected chi connectivity index (χ3v) is 3.10. The molecule has 0 saturated carbocycles. The molecule has 4 N–H and O–H groups in total. The fourth-order valence-electron chi connectivity index (χ4n) is 1.73. The van der Waals surface area contributed by atoms with Crippen molar-refractivity contribution in [3.8, 4) is 5.75 Å². The third kappa shape index (κ3) is 2.85. The first-order valence-corrected chi connectivity index (χ1v) is 5.62. The first-order chi connectivity index (χ1) is 8.71. The second kappa shape index (κ2) is 5.27. The van der Waals surface area contributed by atoms with Crippen LogP contribution < -0.4 is 5.73 Å². The average molecular weight is 267 g/mol. The predicted molar refractivity (Wildman–Crippen MR) is 67.8 cm³/mol. The number of phenols is 1. The van der Waals surface area contributed by atoms with Crippen LogP contribution in [0.25, 0.3) is 0 Å². The molecule has 0 bridgehead atoms.